The highest BCUT2D eigenvalue weighted by atomic mass is 15.1. The van der Waals surface area contributed by atoms with E-state index in [9.17, 15) is 0 Å². The van der Waals surface area contributed by atoms with Gasteiger partial charge in [-0.1, -0.05) is 12.1 Å². The van der Waals surface area contributed by atoms with Crippen LogP contribution in [0.5, 0.6) is 0 Å². The molecule has 0 atom stereocenters. The molecule has 2 heteroatoms. The lowest BCUT2D eigenvalue weighted by atomic mass is 9.97. The molecule has 0 saturated carbocycles. The van der Waals surface area contributed by atoms with Crippen LogP contribution >= 0.6 is 0 Å². The van der Waals surface area contributed by atoms with Crippen molar-refractivity contribution in [3.8, 4) is 0 Å². The predicted molar refractivity (Wildman–Crippen MR) is 61.5 cm³/mol. The third kappa shape index (κ3) is 1.97. The largest absolute Gasteiger partial charge is 0.301 e. The second-order valence-electron chi connectivity index (χ2n) is 3.73. The standard InChI is InChI=1S/C12H20N2/c1-8-6-7-11(10(3)9(8)2)12(13-4)14-5/h6-7,12-14H,1-5H3. The summed E-state index contributed by atoms with van der Waals surface area (Å²) in [7, 11) is 3.94. The summed E-state index contributed by atoms with van der Waals surface area (Å²) in [5.41, 5.74) is 5.45. The quantitative estimate of drug-likeness (QED) is 0.716. The van der Waals surface area contributed by atoms with Gasteiger partial charge in [0.1, 0.15) is 0 Å². The number of benzene rings is 1. The van der Waals surface area contributed by atoms with Crippen LogP contribution in [-0.2, 0) is 0 Å². The molecule has 14 heavy (non-hydrogen) atoms. The minimum absolute atomic E-state index is 0.245. The maximum Gasteiger partial charge on any atom is 0.0833 e. The van der Waals surface area contributed by atoms with E-state index in [0.717, 1.165) is 0 Å². The lowest BCUT2D eigenvalue weighted by Gasteiger charge is -2.20. The Hall–Kier alpha value is -0.860. The van der Waals surface area contributed by atoms with Gasteiger partial charge in [-0.2, -0.15) is 0 Å². The third-order valence-corrected chi connectivity index (χ3v) is 2.99. The number of hydrogen-bond acceptors (Lipinski definition) is 2. The van der Waals surface area contributed by atoms with Crippen LogP contribution in [0.2, 0.25) is 0 Å². The predicted octanol–water partition coefficient (Wildman–Crippen LogP) is 2.05. The summed E-state index contributed by atoms with van der Waals surface area (Å²) >= 11 is 0. The van der Waals surface area contributed by atoms with Crippen molar-refractivity contribution in [2.45, 2.75) is 26.9 Å². The summed E-state index contributed by atoms with van der Waals surface area (Å²) in [5.74, 6) is 0. The number of hydrogen-bond donors (Lipinski definition) is 2. The smallest absolute Gasteiger partial charge is 0.0833 e. The molecule has 0 saturated heterocycles. The minimum atomic E-state index is 0.245. The first kappa shape index (κ1) is 11.2. The molecule has 1 aromatic carbocycles. The molecule has 0 aliphatic heterocycles. The van der Waals surface area contributed by atoms with Crippen molar-refractivity contribution >= 4 is 0 Å². The molecule has 0 aromatic heterocycles. The Morgan fingerprint density at radius 1 is 0.929 bits per heavy atom. The molecule has 0 bridgehead atoms. The zero-order valence-electron chi connectivity index (χ0n) is 9.73. The highest BCUT2D eigenvalue weighted by Crippen LogP contribution is 2.21. The molecular formula is C12H20N2. The molecule has 0 fully saturated rings. The van der Waals surface area contributed by atoms with Gasteiger partial charge in [-0.25, -0.2) is 0 Å². The van der Waals surface area contributed by atoms with Gasteiger partial charge in [-0.15, -0.1) is 0 Å². The fourth-order valence-electron chi connectivity index (χ4n) is 1.75. The molecule has 1 aromatic rings. The van der Waals surface area contributed by atoms with E-state index in [2.05, 4.69) is 43.5 Å². The summed E-state index contributed by atoms with van der Waals surface area (Å²) < 4.78 is 0. The van der Waals surface area contributed by atoms with E-state index >= 15 is 0 Å². The van der Waals surface area contributed by atoms with E-state index in [1.165, 1.54) is 22.3 Å². The second kappa shape index (κ2) is 4.58. The molecule has 0 amide bonds. The maximum absolute atomic E-state index is 3.24. The number of aryl methyl sites for hydroxylation is 1. The molecule has 78 valence electrons. The molecule has 0 spiro atoms. The average Bonchev–Trinajstić information content (AvgIpc) is 2.19. The van der Waals surface area contributed by atoms with Crippen molar-refractivity contribution < 1.29 is 0 Å². The van der Waals surface area contributed by atoms with Crippen molar-refractivity contribution in [2.75, 3.05) is 14.1 Å². The van der Waals surface area contributed by atoms with Crippen LogP contribution in [-0.4, -0.2) is 14.1 Å². The van der Waals surface area contributed by atoms with Crippen LogP contribution in [0, 0.1) is 20.8 Å². The van der Waals surface area contributed by atoms with Gasteiger partial charge in [0.25, 0.3) is 0 Å². The van der Waals surface area contributed by atoms with Crippen molar-refractivity contribution in [2.24, 2.45) is 0 Å². The van der Waals surface area contributed by atoms with Gasteiger partial charge in [0.05, 0.1) is 6.17 Å². The Morgan fingerprint density at radius 3 is 2.00 bits per heavy atom. The lowest BCUT2D eigenvalue weighted by Crippen LogP contribution is -2.29. The zero-order chi connectivity index (χ0) is 10.7. The van der Waals surface area contributed by atoms with Gasteiger partial charge in [-0.3, -0.25) is 0 Å². The van der Waals surface area contributed by atoms with Crippen molar-refractivity contribution in [3.63, 3.8) is 0 Å². The van der Waals surface area contributed by atoms with Crippen molar-refractivity contribution in [1.29, 1.82) is 0 Å². The Morgan fingerprint density at radius 2 is 1.50 bits per heavy atom. The Bertz CT molecular complexity index is 314. The number of nitrogens with one attached hydrogen (secondary N) is 2. The first-order valence-corrected chi connectivity index (χ1v) is 5.03. The third-order valence-electron chi connectivity index (χ3n) is 2.99. The fraction of sp³-hybridized carbons (Fsp3) is 0.500. The van der Waals surface area contributed by atoms with Crippen LogP contribution in [0.1, 0.15) is 28.4 Å². The Kier molecular flexibility index (Phi) is 3.67. The Balaban J connectivity index is 3.16. The van der Waals surface area contributed by atoms with Crippen molar-refractivity contribution in [3.05, 3.63) is 34.4 Å². The molecular weight excluding hydrogens is 172 g/mol. The van der Waals surface area contributed by atoms with E-state index in [-0.39, 0.29) is 6.17 Å². The molecule has 1 rings (SSSR count). The van der Waals surface area contributed by atoms with Gasteiger partial charge < -0.3 is 10.6 Å². The normalized spacial score (nSPS) is 11.0. The van der Waals surface area contributed by atoms with E-state index in [1.807, 2.05) is 14.1 Å². The summed E-state index contributed by atoms with van der Waals surface area (Å²) in [6.45, 7) is 6.51. The summed E-state index contributed by atoms with van der Waals surface area (Å²) in [6.07, 6.45) is 0.245. The first-order valence-electron chi connectivity index (χ1n) is 5.03. The summed E-state index contributed by atoms with van der Waals surface area (Å²) in [6, 6.07) is 4.37. The molecule has 0 heterocycles. The molecule has 0 unspecified atom stereocenters. The molecule has 2 N–H and O–H groups in total. The van der Waals surface area contributed by atoms with E-state index < -0.39 is 0 Å². The lowest BCUT2D eigenvalue weighted by molar-refractivity contribution is 0.517. The SMILES string of the molecule is CNC(NC)c1ccc(C)c(C)c1C. The molecule has 0 radical (unpaired) electrons. The van der Waals surface area contributed by atoms with Gasteiger partial charge in [0.2, 0.25) is 0 Å². The van der Waals surface area contributed by atoms with Crippen LogP contribution in [0.15, 0.2) is 12.1 Å². The molecule has 2 nitrogen and oxygen atoms in total. The van der Waals surface area contributed by atoms with Crippen molar-refractivity contribution in [1.82, 2.24) is 10.6 Å². The highest BCUT2D eigenvalue weighted by molar-refractivity contribution is 5.40. The average molecular weight is 192 g/mol. The molecule has 0 aliphatic carbocycles. The monoisotopic (exact) mass is 192 g/mol. The van der Waals surface area contributed by atoms with Crippen LogP contribution in [0.4, 0.5) is 0 Å². The van der Waals surface area contributed by atoms with Gasteiger partial charge in [0, 0.05) is 0 Å². The van der Waals surface area contributed by atoms with Crippen LogP contribution < -0.4 is 10.6 Å². The summed E-state index contributed by atoms with van der Waals surface area (Å²) in [5, 5.41) is 6.49. The molecule has 0 aliphatic rings. The zero-order valence-corrected chi connectivity index (χ0v) is 9.73. The number of rotatable bonds is 3. The van der Waals surface area contributed by atoms with Gasteiger partial charge >= 0.3 is 0 Å². The van der Waals surface area contributed by atoms with Gasteiger partial charge in [-0.05, 0) is 57.1 Å². The fourth-order valence-corrected chi connectivity index (χ4v) is 1.75. The van der Waals surface area contributed by atoms with Crippen LogP contribution in [0.3, 0.4) is 0 Å². The Labute approximate surface area is 86.7 Å². The van der Waals surface area contributed by atoms with Gasteiger partial charge in [0.15, 0.2) is 0 Å². The highest BCUT2D eigenvalue weighted by Gasteiger charge is 2.10. The second-order valence-corrected chi connectivity index (χ2v) is 3.73. The van der Waals surface area contributed by atoms with Crippen LogP contribution in [0.25, 0.3) is 0 Å². The van der Waals surface area contributed by atoms with E-state index in [4.69, 9.17) is 0 Å². The summed E-state index contributed by atoms with van der Waals surface area (Å²) in [4.78, 5) is 0. The van der Waals surface area contributed by atoms with E-state index in [0.29, 0.717) is 0 Å². The first-order chi connectivity index (χ1) is 6.61. The van der Waals surface area contributed by atoms with E-state index in [1.54, 1.807) is 0 Å². The maximum atomic E-state index is 3.24. The topological polar surface area (TPSA) is 24.1 Å². The minimum Gasteiger partial charge on any atom is -0.301 e.